The highest BCUT2D eigenvalue weighted by Gasteiger charge is 2.24. The van der Waals surface area contributed by atoms with E-state index in [4.69, 9.17) is 14.9 Å². The van der Waals surface area contributed by atoms with E-state index in [1.165, 1.54) is 36.0 Å². The first-order valence-electron chi connectivity index (χ1n) is 12.0. The third-order valence-electron chi connectivity index (χ3n) is 5.94. The Hall–Kier alpha value is -4.17. The molecule has 3 aromatic carbocycles. The molecule has 1 amide bonds. The maximum atomic E-state index is 13.2. The monoisotopic (exact) mass is 558 g/mol. The van der Waals surface area contributed by atoms with Crippen LogP contribution in [-0.4, -0.2) is 31.7 Å². The van der Waals surface area contributed by atoms with E-state index in [2.05, 4.69) is 11.4 Å². The third kappa shape index (κ3) is 6.64. The summed E-state index contributed by atoms with van der Waals surface area (Å²) < 4.78 is 28.3. The SMILES string of the molecule is CCC(Sc1nc(-c2ccccc2)cc(-c2ccc(OC)cc2)c1C#N)C(=O)Nc1ccc(S(N)(=O)=O)cc1. The first kappa shape index (κ1) is 27.9. The normalized spacial score (nSPS) is 11.8. The highest BCUT2D eigenvalue weighted by Crippen LogP contribution is 2.37. The van der Waals surface area contributed by atoms with Crippen LogP contribution in [0.5, 0.6) is 5.75 Å². The number of methoxy groups -OCH3 is 1. The number of sulfonamides is 1. The standard InChI is InChI=1S/C29H26N4O4S2/c1-3-27(28(34)32-21-11-15-23(16-12-21)39(31,35)36)38-29-25(18-30)24(19-9-13-22(37-2)14-10-19)17-26(33-29)20-7-5-4-6-8-20/h4-17,27H,3H2,1-2H3,(H,32,34)(H2,31,35,36). The molecule has 0 aliphatic rings. The molecule has 1 aromatic heterocycles. The van der Waals surface area contributed by atoms with Gasteiger partial charge in [0.2, 0.25) is 15.9 Å². The number of carbonyl (C=O) groups is 1. The number of nitrogens with zero attached hydrogens (tertiary/aromatic N) is 2. The number of nitrogens with one attached hydrogen (secondary N) is 1. The first-order valence-corrected chi connectivity index (χ1v) is 14.4. The molecule has 0 bridgehead atoms. The van der Waals surface area contributed by atoms with Crippen LogP contribution in [0.15, 0.2) is 94.9 Å². The van der Waals surface area contributed by atoms with E-state index in [-0.39, 0.29) is 10.8 Å². The Morgan fingerprint density at radius 3 is 2.28 bits per heavy atom. The molecule has 3 N–H and O–H groups in total. The maximum Gasteiger partial charge on any atom is 0.238 e. The molecule has 4 rings (SSSR count). The molecule has 1 atom stereocenters. The van der Waals surface area contributed by atoms with Gasteiger partial charge < -0.3 is 10.1 Å². The number of benzene rings is 3. The molecule has 198 valence electrons. The predicted octanol–water partition coefficient (Wildman–Crippen LogP) is 5.45. The number of pyridine rings is 1. The summed E-state index contributed by atoms with van der Waals surface area (Å²) >= 11 is 1.21. The van der Waals surface area contributed by atoms with Crippen molar-refractivity contribution in [2.24, 2.45) is 5.14 Å². The number of carbonyl (C=O) groups excluding carboxylic acids is 1. The van der Waals surface area contributed by atoms with Crippen molar-refractivity contribution >= 4 is 33.4 Å². The second kappa shape index (κ2) is 12.1. The minimum Gasteiger partial charge on any atom is -0.497 e. The second-order valence-electron chi connectivity index (χ2n) is 8.51. The number of rotatable bonds is 9. The molecule has 0 aliphatic carbocycles. The van der Waals surface area contributed by atoms with Crippen LogP contribution in [0.4, 0.5) is 5.69 Å². The summed E-state index contributed by atoms with van der Waals surface area (Å²) in [6.07, 6.45) is 0.464. The van der Waals surface area contributed by atoms with Gasteiger partial charge >= 0.3 is 0 Å². The minimum absolute atomic E-state index is 0.0476. The van der Waals surface area contributed by atoms with Crippen molar-refractivity contribution in [3.05, 3.63) is 90.5 Å². The lowest BCUT2D eigenvalue weighted by Gasteiger charge is -2.18. The minimum atomic E-state index is -3.84. The second-order valence-corrected chi connectivity index (χ2v) is 11.3. The Morgan fingerprint density at radius 2 is 1.72 bits per heavy atom. The van der Waals surface area contributed by atoms with Crippen LogP contribution in [0, 0.1) is 11.3 Å². The lowest BCUT2D eigenvalue weighted by Crippen LogP contribution is -2.25. The number of hydrogen-bond donors (Lipinski definition) is 2. The summed E-state index contributed by atoms with van der Waals surface area (Å²) in [5.74, 6) is 0.400. The fourth-order valence-electron chi connectivity index (χ4n) is 3.88. The lowest BCUT2D eigenvalue weighted by atomic mass is 9.99. The fourth-order valence-corrected chi connectivity index (χ4v) is 5.42. The van der Waals surface area contributed by atoms with Crippen LogP contribution < -0.4 is 15.2 Å². The van der Waals surface area contributed by atoms with Crippen molar-refractivity contribution in [2.45, 2.75) is 28.5 Å². The summed E-state index contributed by atoms with van der Waals surface area (Å²) in [6, 6.07) is 26.8. The van der Waals surface area contributed by atoms with Gasteiger partial charge in [-0.2, -0.15) is 5.26 Å². The summed E-state index contributed by atoms with van der Waals surface area (Å²) in [5, 5.41) is 18.0. The molecule has 0 aliphatic heterocycles. The number of nitrogens with two attached hydrogens (primary N) is 1. The molecule has 4 aromatic rings. The highest BCUT2D eigenvalue weighted by molar-refractivity contribution is 8.00. The van der Waals surface area contributed by atoms with E-state index < -0.39 is 15.3 Å². The molecular weight excluding hydrogens is 532 g/mol. The van der Waals surface area contributed by atoms with Gasteiger partial charge in [-0.3, -0.25) is 4.79 Å². The molecule has 1 unspecified atom stereocenters. The third-order valence-corrected chi connectivity index (χ3v) is 8.22. The fraction of sp³-hybridized carbons (Fsp3) is 0.138. The Labute approximate surface area is 231 Å². The van der Waals surface area contributed by atoms with E-state index in [0.717, 1.165) is 11.1 Å². The first-order chi connectivity index (χ1) is 18.7. The van der Waals surface area contributed by atoms with Crippen molar-refractivity contribution in [2.75, 3.05) is 12.4 Å². The summed E-state index contributed by atoms with van der Waals surface area (Å²) in [5.41, 5.74) is 3.87. The van der Waals surface area contributed by atoms with Crippen molar-refractivity contribution in [3.8, 4) is 34.2 Å². The van der Waals surface area contributed by atoms with Crippen LogP contribution in [0.3, 0.4) is 0 Å². The number of aromatic nitrogens is 1. The molecule has 1 heterocycles. The number of amides is 1. The highest BCUT2D eigenvalue weighted by atomic mass is 32.2. The van der Waals surface area contributed by atoms with Crippen LogP contribution in [-0.2, 0) is 14.8 Å². The van der Waals surface area contributed by atoms with Crippen LogP contribution in [0.1, 0.15) is 18.9 Å². The van der Waals surface area contributed by atoms with E-state index in [1.807, 2.05) is 67.6 Å². The van der Waals surface area contributed by atoms with E-state index in [0.29, 0.717) is 39.7 Å². The molecule has 0 fully saturated rings. The Kier molecular flexibility index (Phi) is 8.66. The van der Waals surface area contributed by atoms with E-state index in [9.17, 15) is 18.5 Å². The number of primary sulfonamides is 1. The zero-order valence-electron chi connectivity index (χ0n) is 21.3. The van der Waals surface area contributed by atoms with Crippen molar-refractivity contribution in [1.29, 1.82) is 5.26 Å². The Morgan fingerprint density at radius 1 is 1.05 bits per heavy atom. The lowest BCUT2D eigenvalue weighted by molar-refractivity contribution is -0.115. The zero-order valence-corrected chi connectivity index (χ0v) is 22.9. The molecule has 10 heteroatoms. The topological polar surface area (TPSA) is 135 Å². The van der Waals surface area contributed by atoms with Crippen LogP contribution in [0.2, 0.25) is 0 Å². The van der Waals surface area contributed by atoms with Crippen molar-refractivity contribution < 1.29 is 17.9 Å². The van der Waals surface area contributed by atoms with Crippen LogP contribution in [0.25, 0.3) is 22.4 Å². The quantitative estimate of drug-likeness (QED) is 0.261. The molecule has 39 heavy (non-hydrogen) atoms. The number of ether oxygens (including phenoxy) is 1. The molecule has 0 saturated heterocycles. The Balaban J connectivity index is 1.71. The molecular formula is C29H26N4O4S2. The van der Waals surface area contributed by atoms with Gasteiger partial charge in [0, 0.05) is 16.8 Å². The number of anilines is 1. The Bertz CT molecular complexity index is 1620. The van der Waals surface area contributed by atoms with Gasteiger partial charge in [0.25, 0.3) is 0 Å². The largest absolute Gasteiger partial charge is 0.497 e. The molecule has 0 saturated carbocycles. The van der Waals surface area contributed by atoms with E-state index in [1.54, 1.807) is 7.11 Å². The van der Waals surface area contributed by atoms with Gasteiger partial charge in [0.15, 0.2) is 0 Å². The molecule has 8 nitrogen and oxygen atoms in total. The summed E-state index contributed by atoms with van der Waals surface area (Å²) in [7, 11) is -2.25. The van der Waals surface area contributed by atoms with Crippen LogP contribution >= 0.6 is 11.8 Å². The van der Waals surface area contributed by atoms with Crippen molar-refractivity contribution in [3.63, 3.8) is 0 Å². The van der Waals surface area contributed by atoms with Crippen molar-refractivity contribution in [1.82, 2.24) is 4.98 Å². The average Bonchev–Trinajstić information content (AvgIpc) is 2.95. The number of hydrogen-bond acceptors (Lipinski definition) is 7. The van der Waals surface area contributed by atoms with Gasteiger partial charge in [-0.1, -0.05) is 61.2 Å². The smallest absolute Gasteiger partial charge is 0.238 e. The van der Waals surface area contributed by atoms with Gasteiger partial charge in [0.05, 0.1) is 28.5 Å². The molecule has 0 spiro atoms. The summed E-state index contributed by atoms with van der Waals surface area (Å²) in [4.78, 5) is 18.0. The van der Waals surface area contributed by atoms with Gasteiger partial charge in [-0.15, -0.1) is 0 Å². The predicted molar refractivity (Wildman–Crippen MR) is 153 cm³/mol. The van der Waals surface area contributed by atoms with E-state index >= 15 is 0 Å². The van der Waals surface area contributed by atoms with Gasteiger partial charge in [0.1, 0.15) is 16.8 Å². The average molecular weight is 559 g/mol. The zero-order chi connectivity index (χ0) is 28.0. The number of thioether (sulfide) groups is 1. The molecule has 0 radical (unpaired) electrons. The van der Waals surface area contributed by atoms with Gasteiger partial charge in [-0.05, 0) is 54.4 Å². The number of nitriles is 1. The van der Waals surface area contributed by atoms with Gasteiger partial charge in [-0.25, -0.2) is 18.5 Å². The summed E-state index contributed by atoms with van der Waals surface area (Å²) in [6.45, 7) is 1.87. The maximum absolute atomic E-state index is 13.2.